The Kier molecular flexibility index (Phi) is 8.15. The van der Waals surface area contributed by atoms with Gasteiger partial charge in [0.2, 0.25) is 5.91 Å². The van der Waals surface area contributed by atoms with Crippen LogP contribution in [0.15, 0.2) is 42.5 Å². The first kappa shape index (κ1) is 22.1. The number of hydrogen-bond acceptors (Lipinski definition) is 3. The van der Waals surface area contributed by atoms with Crippen molar-refractivity contribution >= 4 is 35.0 Å². The number of ether oxygens (including phenoxy) is 1. The zero-order valence-corrected chi connectivity index (χ0v) is 17.7. The lowest BCUT2D eigenvalue weighted by Crippen LogP contribution is -2.49. The van der Waals surface area contributed by atoms with E-state index in [2.05, 4.69) is 5.32 Å². The summed E-state index contributed by atoms with van der Waals surface area (Å²) in [5, 5.41) is 3.58. The topological polar surface area (TPSA) is 58.6 Å². The van der Waals surface area contributed by atoms with Gasteiger partial charge in [0, 0.05) is 13.1 Å². The van der Waals surface area contributed by atoms with Gasteiger partial charge in [-0.1, -0.05) is 41.4 Å². The van der Waals surface area contributed by atoms with E-state index in [4.69, 9.17) is 27.9 Å². The fraction of sp³-hybridized carbons (Fsp3) is 0.333. The number of benzene rings is 2. The predicted molar refractivity (Wildman–Crippen MR) is 112 cm³/mol. The number of halogens is 2. The van der Waals surface area contributed by atoms with Gasteiger partial charge in [-0.25, -0.2) is 0 Å². The van der Waals surface area contributed by atoms with E-state index < -0.39 is 6.04 Å². The van der Waals surface area contributed by atoms with Crippen LogP contribution >= 0.6 is 23.2 Å². The Morgan fingerprint density at radius 3 is 2.54 bits per heavy atom. The molecule has 1 atom stereocenters. The summed E-state index contributed by atoms with van der Waals surface area (Å²) in [7, 11) is 0. The summed E-state index contributed by atoms with van der Waals surface area (Å²) < 4.78 is 5.63. The maximum Gasteiger partial charge on any atom is 0.261 e. The monoisotopic (exact) mass is 422 g/mol. The summed E-state index contributed by atoms with van der Waals surface area (Å²) in [4.78, 5) is 26.7. The average molecular weight is 423 g/mol. The number of carbonyl (C=O) groups is 2. The highest BCUT2D eigenvalue weighted by molar-refractivity contribution is 6.42. The molecule has 5 nitrogen and oxygen atoms in total. The molecule has 0 bridgehead atoms. The number of aryl methyl sites for hydroxylation is 1. The van der Waals surface area contributed by atoms with E-state index in [9.17, 15) is 9.59 Å². The first-order valence-electron chi connectivity index (χ1n) is 9.02. The molecule has 2 aromatic rings. The van der Waals surface area contributed by atoms with Gasteiger partial charge in [0.15, 0.2) is 6.61 Å². The number of hydrogen-bond donors (Lipinski definition) is 1. The molecule has 0 aliphatic rings. The number of nitrogens with zero attached hydrogens (tertiary/aromatic N) is 1. The second-order valence-corrected chi connectivity index (χ2v) is 7.26. The Morgan fingerprint density at radius 1 is 1.14 bits per heavy atom. The Balaban J connectivity index is 2.17. The van der Waals surface area contributed by atoms with Gasteiger partial charge >= 0.3 is 0 Å². The van der Waals surface area contributed by atoms with Crippen LogP contribution in [0.25, 0.3) is 0 Å². The highest BCUT2D eigenvalue weighted by Gasteiger charge is 2.26. The molecule has 28 heavy (non-hydrogen) atoms. The molecule has 2 amide bonds. The molecular formula is C21H24Cl2N2O3. The van der Waals surface area contributed by atoms with Crippen LogP contribution in [0, 0.1) is 6.92 Å². The lowest BCUT2D eigenvalue weighted by Gasteiger charge is -2.28. The molecule has 150 valence electrons. The van der Waals surface area contributed by atoms with E-state index >= 15 is 0 Å². The van der Waals surface area contributed by atoms with Crippen molar-refractivity contribution in [3.05, 3.63) is 63.6 Å². The van der Waals surface area contributed by atoms with Crippen molar-refractivity contribution in [1.82, 2.24) is 10.2 Å². The molecule has 1 N–H and O–H groups in total. The predicted octanol–water partition coefficient (Wildman–Crippen LogP) is 4.23. The Morgan fingerprint density at radius 2 is 1.89 bits per heavy atom. The largest absolute Gasteiger partial charge is 0.484 e. The second kappa shape index (κ2) is 10.3. The summed E-state index contributed by atoms with van der Waals surface area (Å²) in [6.45, 7) is 5.99. The van der Waals surface area contributed by atoms with Crippen LogP contribution in [0.1, 0.15) is 25.0 Å². The molecule has 2 rings (SSSR count). The minimum absolute atomic E-state index is 0.172. The van der Waals surface area contributed by atoms with Crippen molar-refractivity contribution in [1.29, 1.82) is 0 Å². The molecule has 0 fully saturated rings. The van der Waals surface area contributed by atoms with Gasteiger partial charge in [0.25, 0.3) is 5.91 Å². The molecule has 7 heteroatoms. The molecule has 0 saturated carbocycles. The summed E-state index contributed by atoms with van der Waals surface area (Å²) in [5.41, 5.74) is 1.81. The Labute approximate surface area is 175 Å². The van der Waals surface area contributed by atoms with Crippen molar-refractivity contribution in [2.45, 2.75) is 33.4 Å². The van der Waals surface area contributed by atoms with Gasteiger partial charge < -0.3 is 15.0 Å². The van der Waals surface area contributed by atoms with E-state index in [1.807, 2.05) is 32.0 Å². The van der Waals surface area contributed by atoms with Crippen LogP contribution in [0.5, 0.6) is 5.75 Å². The highest BCUT2D eigenvalue weighted by atomic mass is 35.5. The van der Waals surface area contributed by atoms with E-state index in [1.54, 1.807) is 31.2 Å². The lowest BCUT2D eigenvalue weighted by molar-refractivity contribution is -0.142. The zero-order valence-electron chi connectivity index (χ0n) is 16.2. The third-order valence-corrected chi connectivity index (χ3v) is 4.95. The van der Waals surface area contributed by atoms with Crippen LogP contribution in [0.2, 0.25) is 10.0 Å². The zero-order chi connectivity index (χ0) is 20.7. The minimum atomic E-state index is -0.664. The van der Waals surface area contributed by atoms with Crippen LogP contribution in [-0.2, 0) is 16.1 Å². The third kappa shape index (κ3) is 6.14. The van der Waals surface area contributed by atoms with Gasteiger partial charge in [-0.15, -0.1) is 0 Å². The van der Waals surface area contributed by atoms with Crippen molar-refractivity contribution in [3.63, 3.8) is 0 Å². The number of rotatable bonds is 8. The summed E-state index contributed by atoms with van der Waals surface area (Å²) in [5.74, 6) is 0.0753. The fourth-order valence-corrected chi connectivity index (χ4v) is 2.99. The second-order valence-electron chi connectivity index (χ2n) is 6.45. The molecular weight excluding hydrogens is 399 g/mol. The smallest absolute Gasteiger partial charge is 0.261 e. The van der Waals surface area contributed by atoms with E-state index in [-0.39, 0.29) is 25.0 Å². The average Bonchev–Trinajstić information content (AvgIpc) is 2.66. The number of nitrogens with one attached hydrogen (secondary N) is 1. The fourth-order valence-electron chi connectivity index (χ4n) is 2.67. The number of carbonyl (C=O) groups excluding carboxylic acids is 2. The van der Waals surface area contributed by atoms with Crippen molar-refractivity contribution in [2.75, 3.05) is 13.2 Å². The van der Waals surface area contributed by atoms with Crippen molar-refractivity contribution < 1.29 is 14.3 Å². The maximum absolute atomic E-state index is 12.9. The van der Waals surface area contributed by atoms with E-state index in [0.717, 1.165) is 11.1 Å². The van der Waals surface area contributed by atoms with Crippen LogP contribution < -0.4 is 10.1 Å². The first-order chi connectivity index (χ1) is 13.3. The molecule has 0 saturated heterocycles. The van der Waals surface area contributed by atoms with Gasteiger partial charge in [-0.05, 0) is 56.2 Å². The SMILES string of the molecule is CCNC(=O)[C@H](C)N(Cc1ccc(Cl)c(Cl)c1)C(=O)COc1cccc(C)c1. The number of amides is 2. The lowest BCUT2D eigenvalue weighted by atomic mass is 10.1. The molecule has 0 spiro atoms. The van der Waals surface area contributed by atoms with Crippen molar-refractivity contribution in [3.8, 4) is 5.75 Å². The van der Waals surface area contributed by atoms with Gasteiger partial charge in [0.1, 0.15) is 11.8 Å². The van der Waals surface area contributed by atoms with Gasteiger partial charge in [-0.3, -0.25) is 9.59 Å². The molecule has 0 heterocycles. The molecule has 2 aromatic carbocycles. The molecule has 0 radical (unpaired) electrons. The maximum atomic E-state index is 12.9. The van der Waals surface area contributed by atoms with E-state index in [1.165, 1.54) is 4.90 Å². The molecule has 0 aliphatic heterocycles. The van der Waals surface area contributed by atoms with Crippen LogP contribution in [-0.4, -0.2) is 35.9 Å². The highest BCUT2D eigenvalue weighted by Crippen LogP contribution is 2.24. The standard InChI is InChI=1S/C21H24Cl2N2O3/c1-4-24-21(27)15(3)25(12-16-8-9-18(22)19(23)11-16)20(26)13-28-17-7-5-6-14(2)10-17/h5-11,15H,4,12-13H2,1-3H3,(H,24,27)/t15-/m0/s1. The normalized spacial score (nSPS) is 11.6. The Bertz CT molecular complexity index is 842. The first-order valence-corrected chi connectivity index (χ1v) is 9.78. The van der Waals surface area contributed by atoms with Gasteiger partial charge in [-0.2, -0.15) is 0 Å². The van der Waals surface area contributed by atoms with Crippen LogP contribution in [0.3, 0.4) is 0 Å². The quantitative estimate of drug-likeness (QED) is 0.691. The summed E-state index contributed by atoms with van der Waals surface area (Å²) >= 11 is 12.1. The summed E-state index contributed by atoms with van der Waals surface area (Å²) in [6, 6.07) is 11.9. The van der Waals surface area contributed by atoms with E-state index in [0.29, 0.717) is 22.3 Å². The number of likely N-dealkylation sites (N-methyl/N-ethyl adjacent to an activating group) is 1. The molecule has 0 aliphatic carbocycles. The van der Waals surface area contributed by atoms with Crippen LogP contribution in [0.4, 0.5) is 0 Å². The third-order valence-electron chi connectivity index (χ3n) is 4.21. The molecule has 0 aromatic heterocycles. The summed E-state index contributed by atoms with van der Waals surface area (Å²) in [6.07, 6.45) is 0. The Hall–Kier alpha value is -2.24. The minimum Gasteiger partial charge on any atom is -0.484 e. The van der Waals surface area contributed by atoms with Gasteiger partial charge in [0.05, 0.1) is 10.0 Å². The molecule has 0 unspecified atom stereocenters. The van der Waals surface area contributed by atoms with Crippen molar-refractivity contribution in [2.24, 2.45) is 0 Å².